The molecule has 1 aromatic heterocycles. The fourth-order valence-corrected chi connectivity index (χ4v) is 2.78. The highest BCUT2D eigenvalue weighted by molar-refractivity contribution is 7.16. The average molecular weight is 324 g/mol. The van der Waals surface area contributed by atoms with Crippen molar-refractivity contribution in [2.75, 3.05) is 24.3 Å². The minimum absolute atomic E-state index is 0.245. The molecule has 5 nitrogen and oxygen atoms in total. The number of aromatic nitrogens is 2. The molecule has 0 aliphatic rings. The molecule has 0 fully saturated rings. The highest BCUT2D eigenvalue weighted by Gasteiger charge is 2.14. The number of nitrogens with one attached hydrogen (secondary N) is 1. The van der Waals surface area contributed by atoms with Crippen molar-refractivity contribution in [3.8, 4) is 10.6 Å². The number of benzene rings is 2. The molecule has 0 saturated heterocycles. The quantitative estimate of drug-likeness (QED) is 0.798. The van der Waals surface area contributed by atoms with Crippen LogP contribution in [-0.4, -0.2) is 30.2 Å². The van der Waals surface area contributed by atoms with Gasteiger partial charge >= 0.3 is 0 Å². The molecule has 0 atom stereocenters. The SMILES string of the molecule is CN(C)c1ccc(-c2nnc(C(=O)Nc3ccccc3)s2)cc1. The van der Waals surface area contributed by atoms with Crippen molar-refractivity contribution in [1.29, 1.82) is 0 Å². The fourth-order valence-electron chi connectivity index (χ4n) is 2.04. The first-order chi connectivity index (χ1) is 11.1. The molecule has 0 aliphatic heterocycles. The zero-order valence-corrected chi connectivity index (χ0v) is 13.7. The Labute approximate surface area is 138 Å². The molecule has 3 rings (SSSR count). The molecule has 1 amide bonds. The third-order valence-electron chi connectivity index (χ3n) is 3.28. The maximum Gasteiger partial charge on any atom is 0.286 e. The molecular formula is C17H16N4OS. The standard InChI is InChI=1S/C17H16N4OS/c1-21(2)14-10-8-12(9-11-14)16-19-20-17(23-16)15(22)18-13-6-4-3-5-7-13/h3-11H,1-2H3,(H,18,22). The highest BCUT2D eigenvalue weighted by Crippen LogP contribution is 2.26. The van der Waals surface area contributed by atoms with Crippen LogP contribution in [-0.2, 0) is 0 Å². The molecule has 0 radical (unpaired) electrons. The summed E-state index contributed by atoms with van der Waals surface area (Å²) in [7, 11) is 3.98. The van der Waals surface area contributed by atoms with E-state index in [2.05, 4.69) is 15.5 Å². The topological polar surface area (TPSA) is 58.1 Å². The zero-order valence-electron chi connectivity index (χ0n) is 12.9. The lowest BCUT2D eigenvalue weighted by atomic mass is 10.2. The van der Waals surface area contributed by atoms with Crippen LogP contribution in [0.2, 0.25) is 0 Å². The third kappa shape index (κ3) is 3.54. The number of rotatable bonds is 4. The van der Waals surface area contributed by atoms with E-state index >= 15 is 0 Å². The normalized spacial score (nSPS) is 10.3. The van der Waals surface area contributed by atoms with E-state index in [1.54, 1.807) is 0 Å². The summed E-state index contributed by atoms with van der Waals surface area (Å²) in [5.41, 5.74) is 2.80. The Bertz CT molecular complexity index is 797. The van der Waals surface area contributed by atoms with E-state index in [1.807, 2.05) is 73.6 Å². The average Bonchev–Trinajstić information content (AvgIpc) is 3.06. The van der Waals surface area contributed by atoms with Gasteiger partial charge in [0.05, 0.1) is 0 Å². The van der Waals surface area contributed by atoms with Crippen LogP contribution in [0.3, 0.4) is 0 Å². The smallest absolute Gasteiger partial charge is 0.286 e. The lowest BCUT2D eigenvalue weighted by molar-refractivity contribution is 0.102. The van der Waals surface area contributed by atoms with E-state index in [-0.39, 0.29) is 5.91 Å². The Morgan fingerprint density at radius 2 is 1.70 bits per heavy atom. The second kappa shape index (κ2) is 6.58. The van der Waals surface area contributed by atoms with Crippen LogP contribution in [0.15, 0.2) is 54.6 Å². The summed E-state index contributed by atoms with van der Waals surface area (Å²) < 4.78 is 0. The van der Waals surface area contributed by atoms with Crippen molar-refractivity contribution in [2.24, 2.45) is 0 Å². The molecule has 0 unspecified atom stereocenters. The lowest BCUT2D eigenvalue weighted by Gasteiger charge is -2.11. The summed E-state index contributed by atoms with van der Waals surface area (Å²) in [6.45, 7) is 0. The van der Waals surface area contributed by atoms with Crippen molar-refractivity contribution in [3.63, 3.8) is 0 Å². The summed E-state index contributed by atoms with van der Waals surface area (Å²) in [5, 5.41) is 12.0. The van der Waals surface area contributed by atoms with Crippen LogP contribution in [0.1, 0.15) is 9.80 Å². The summed E-state index contributed by atoms with van der Waals surface area (Å²) in [4.78, 5) is 14.2. The fraction of sp³-hybridized carbons (Fsp3) is 0.118. The van der Waals surface area contributed by atoms with Crippen molar-refractivity contribution >= 4 is 28.6 Å². The lowest BCUT2D eigenvalue weighted by Crippen LogP contribution is -2.11. The number of carbonyl (C=O) groups is 1. The van der Waals surface area contributed by atoms with Gasteiger partial charge in [0.1, 0.15) is 5.01 Å². The molecule has 0 spiro atoms. The predicted molar refractivity (Wildman–Crippen MR) is 94.1 cm³/mol. The van der Waals surface area contributed by atoms with Gasteiger partial charge in [-0.25, -0.2) is 0 Å². The highest BCUT2D eigenvalue weighted by atomic mass is 32.1. The van der Waals surface area contributed by atoms with Crippen LogP contribution in [0.4, 0.5) is 11.4 Å². The van der Waals surface area contributed by atoms with Gasteiger partial charge in [-0.1, -0.05) is 29.5 Å². The van der Waals surface area contributed by atoms with Crippen molar-refractivity contribution in [3.05, 3.63) is 59.6 Å². The molecule has 3 aromatic rings. The largest absolute Gasteiger partial charge is 0.378 e. The summed E-state index contributed by atoms with van der Waals surface area (Å²) >= 11 is 1.28. The van der Waals surface area contributed by atoms with Crippen LogP contribution in [0.25, 0.3) is 10.6 Å². The van der Waals surface area contributed by atoms with Crippen molar-refractivity contribution in [1.82, 2.24) is 10.2 Å². The second-order valence-corrected chi connectivity index (χ2v) is 6.15. The number of amides is 1. The maximum atomic E-state index is 12.2. The Kier molecular flexibility index (Phi) is 4.34. The third-order valence-corrected chi connectivity index (χ3v) is 4.25. The molecule has 116 valence electrons. The second-order valence-electron chi connectivity index (χ2n) is 5.17. The Hall–Kier alpha value is -2.73. The minimum Gasteiger partial charge on any atom is -0.378 e. The molecule has 0 bridgehead atoms. The van der Waals surface area contributed by atoms with Gasteiger partial charge in [0.25, 0.3) is 5.91 Å². The molecule has 23 heavy (non-hydrogen) atoms. The van der Waals surface area contributed by atoms with E-state index in [0.717, 1.165) is 21.9 Å². The summed E-state index contributed by atoms with van der Waals surface area (Å²) in [5.74, 6) is -0.245. The number of hydrogen-bond donors (Lipinski definition) is 1. The van der Waals surface area contributed by atoms with E-state index in [9.17, 15) is 4.79 Å². The van der Waals surface area contributed by atoms with Gasteiger partial charge in [-0.05, 0) is 36.4 Å². The Balaban J connectivity index is 1.76. The van der Waals surface area contributed by atoms with Gasteiger partial charge in [0, 0.05) is 31.0 Å². The van der Waals surface area contributed by atoms with Gasteiger partial charge < -0.3 is 10.2 Å². The van der Waals surface area contributed by atoms with E-state index in [1.165, 1.54) is 11.3 Å². The number of anilines is 2. The van der Waals surface area contributed by atoms with E-state index in [0.29, 0.717) is 5.01 Å². The van der Waals surface area contributed by atoms with Crippen LogP contribution >= 0.6 is 11.3 Å². The number of hydrogen-bond acceptors (Lipinski definition) is 5. The van der Waals surface area contributed by atoms with Crippen molar-refractivity contribution in [2.45, 2.75) is 0 Å². The van der Waals surface area contributed by atoms with E-state index in [4.69, 9.17) is 0 Å². The van der Waals surface area contributed by atoms with Gasteiger partial charge in [-0.15, -0.1) is 10.2 Å². The van der Waals surface area contributed by atoms with Crippen molar-refractivity contribution < 1.29 is 4.79 Å². The van der Waals surface area contributed by atoms with E-state index < -0.39 is 0 Å². The maximum absolute atomic E-state index is 12.2. The van der Waals surface area contributed by atoms with Crippen LogP contribution in [0, 0.1) is 0 Å². The number of nitrogens with zero attached hydrogens (tertiary/aromatic N) is 3. The number of para-hydroxylation sites is 1. The Morgan fingerprint density at radius 3 is 2.35 bits per heavy atom. The Morgan fingerprint density at radius 1 is 1.00 bits per heavy atom. The first kappa shape index (κ1) is 15.2. The molecule has 0 aliphatic carbocycles. The minimum atomic E-state index is -0.245. The molecule has 6 heteroatoms. The van der Waals surface area contributed by atoms with Gasteiger partial charge in [-0.2, -0.15) is 0 Å². The van der Waals surface area contributed by atoms with Gasteiger partial charge in [0.2, 0.25) is 5.01 Å². The van der Waals surface area contributed by atoms with Gasteiger partial charge in [-0.3, -0.25) is 4.79 Å². The first-order valence-corrected chi connectivity index (χ1v) is 7.93. The molecule has 1 heterocycles. The first-order valence-electron chi connectivity index (χ1n) is 7.11. The summed E-state index contributed by atoms with van der Waals surface area (Å²) in [6.07, 6.45) is 0. The summed E-state index contributed by atoms with van der Waals surface area (Å²) in [6, 6.07) is 17.3. The molecule has 0 saturated carbocycles. The van der Waals surface area contributed by atoms with Gasteiger partial charge in [0.15, 0.2) is 0 Å². The van der Waals surface area contributed by atoms with Crippen LogP contribution < -0.4 is 10.2 Å². The zero-order chi connectivity index (χ0) is 16.2. The number of carbonyl (C=O) groups excluding carboxylic acids is 1. The molecule has 2 aromatic carbocycles. The predicted octanol–water partition coefficient (Wildman–Crippen LogP) is 3.52. The molecular weight excluding hydrogens is 308 g/mol. The van der Waals surface area contributed by atoms with Crippen LogP contribution in [0.5, 0.6) is 0 Å². The monoisotopic (exact) mass is 324 g/mol. The molecule has 1 N–H and O–H groups in total.